The highest BCUT2D eigenvalue weighted by atomic mass is 127. The molecule has 0 saturated carbocycles. The van der Waals surface area contributed by atoms with Crippen LogP contribution >= 0.6 is 33.9 Å². The van der Waals surface area contributed by atoms with E-state index in [0.717, 1.165) is 13.1 Å². The van der Waals surface area contributed by atoms with Gasteiger partial charge in [0.25, 0.3) is 0 Å². The Bertz CT molecular complexity index is 503. The zero-order valence-corrected chi connectivity index (χ0v) is 11.8. The third kappa shape index (κ3) is 2.10. The van der Waals surface area contributed by atoms with Crippen molar-refractivity contribution in [1.82, 2.24) is 10.3 Å². The van der Waals surface area contributed by atoms with Gasteiger partial charge in [-0.2, -0.15) is 0 Å². The minimum absolute atomic E-state index is 0.677. The first kappa shape index (κ1) is 10.9. The lowest BCUT2D eigenvalue weighted by atomic mass is 9.99. The van der Waals surface area contributed by atoms with Gasteiger partial charge in [0.05, 0.1) is 15.2 Å². The summed E-state index contributed by atoms with van der Waals surface area (Å²) >= 11 is 4.23. The second kappa shape index (κ2) is 4.58. The maximum absolute atomic E-state index is 4.76. The van der Waals surface area contributed by atoms with Crippen LogP contribution in [0.1, 0.15) is 23.8 Å². The fourth-order valence-electron chi connectivity index (χ4n) is 2.16. The molecule has 0 spiro atoms. The first-order valence-electron chi connectivity index (χ1n) is 5.59. The topological polar surface area (TPSA) is 24.9 Å². The normalized spacial score (nSPS) is 18.1. The molecule has 2 heterocycles. The molecular formula is C12H13IN2S. The van der Waals surface area contributed by atoms with Crippen molar-refractivity contribution in [2.45, 2.75) is 18.8 Å². The van der Waals surface area contributed by atoms with Gasteiger partial charge in [-0.25, -0.2) is 4.98 Å². The van der Waals surface area contributed by atoms with E-state index in [2.05, 4.69) is 46.1 Å². The van der Waals surface area contributed by atoms with Crippen molar-refractivity contribution in [1.29, 1.82) is 0 Å². The van der Waals surface area contributed by atoms with Gasteiger partial charge < -0.3 is 5.32 Å². The first-order valence-corrected chi connectivity index (χ1v) is 7.49. The number of hydrogen-bond donors (Lipinski definition) is 1. The Morgan fingerprint density at radius 2 is 2.12 bits per heavy atom. The van der Waals surface area contributed by atoms with Crippen LogP contribution in [0.15, 0.2) is 18.2 Å². The average Bonchev–Trinajstić information content (AvgIpc) is 2.73. The lowest BCUT2D eigenvalue weighted by Crippen LogP contribution is -2.26. The van der Waals surface area contributed by atoms with E-state index in [1.165, 1.54) is 31.6 Å². The van der Waals surface area contributed by atoms with Gasteiger partial charge in [-0.15, -0.1) is 11.3 Å². The predicted octanol–water partition coefficient (Wildman–Crippen LogP) is 3.37. The molecule has 1 aliphatic rings. The van der Waals surface area contributed by atoms with E-state index < -0.39 is 0 Å². The van der Waals surface area contributed by atoms with Crippen molar-refractivity contribution in [2.75, 3.05) is 13.1 Å². The molecule has 0 atom stereocenters. The molecule has 4 heteroatoms. The van der Waals surface area contributed by atoms with Crippen LogP contribution in [0.4, 0.5) is 0 Å². The molecule has 1 aliphatic heterocycles. The summed E-state index contributed by atoms with van der Waals surface area (Å²) in [6.45, 7) is 2.27. The predicted molar refractivity (Wildman–Crippen MR) is 77.2 cm³/mol. The fraction of sp³-hybridized carbons (Fsp3) is 0.417. The molecule has 1 aromatic carbocycles. The van der Waals surface area contributed by atoms with Gasteiger partial charge in [0.1, 0.15) is 0 Å². The van der Waals surface area contributed by atoms with Gasteiger partial charge in [0.2, 0.25) is 0 Å². The molecule has 1 N–H and O–H groups in total. The zero-order valence-electron chi connectivity index (χ0n) is 8.87. The number of nitrogens with zero attached hydrogens (tertiary/aromatic N) is 1. The zero-order chi connectivity index (χ0) is 11.0. The minimum atomic E-state index is 0.677. The Morgan fingerprint density at radius 1 is 1.31 bits per heavy atom. The third-order valence-electron chi connectivity index (χ3n) is 3.06. The molecule has 1 fully saturated rings. The lowest BCUT2D eigenvalue weighted by molar-refractivity contribution is 0.459. The summed E-state index contributed by atoms with van der Waals surface area (Å²) in [5, 5.41) is 4.73. The van der Waals surface area contributed by atoms with Crippen LogP contribution in [0.2, 0.25) is 0 Å². The Morgan fingerprint density at radius 3 is 2.94 bits per heavy atom. The van der Waals surface area contributed by atoms with Crippen molar-refractivity contribution < 1.29 is 0 Å². The van der Waals surface area contributed by atoms with Gasteiger partial charge in [-0.1, -0.05) is 0 Å². The van der Waals surface area contributed by atoms with Crippen LogP contribution in [0.3, 0.4) is 0 Å². The van der Waals surface area contributed by atoms with E-state index in [1.54, 1.807) is 0 Å². The van der Waals surface area contributed by atoms with Gasteiger partial charge in [-0.05, 0) is 66.7 Å². The molecule has 84 valence electrons. The molecule has 1 saturated heterocycles. The highest BCUT2D eigenvalue weighted by Gasteiger charge is 2.18. The second-order valence-corrected chi connectivity index (χ2v) is 6.50. The van der Waals surface area contributed by atoms with E-state index >= 15 is 0 Å². The maximum atomic E-state index is 4.76. The van der Waals surface area contributed by atoms with E-state index in [1.807, 2.05) is 11.3 Å². The summed E-state index contributed by atoms with van der Waals surface area (Å²) in [4.78, 5) is 4.76. The molecule has 0 radical (unpaired) electrons. The number of piperidine rings is 1. The summed E-state index contributed by atoms with van der Waals surface area (Å²) in [6, 6.07) is 6.51. The van der Waals surface area contributed by atoms with Crippen molar-refractivity contribution in [3.63, 3.8) is 0 Å². The average molecular weight is 344 g/mol. The SMILES string of the molecule is Ic1ccc2nc(C3CCNCC3)sc2c1. The van der Waals surface area contributed by atoms with Crippen molar-refractivity contribution in [2.24, 2.45) is 0 Å². The summed E-state index contributed by atoms with van der Waals surface area (Å²) in [5.74, 6) is 0.677. The van der Waals surface area contributed by atoms with Gasteiger partial charge in [0, 0.05) is 9.49 Å². The largest absolute Gasteiger partial charge is 0.317 e. The number of nitrogens with one attached hydrogen (secondary N) is 1. The molecular weight excluding hydrogens is 331 g/mol. The number of rotatable bonds is 1. The highest BCUT2D eigenvalue weighted by Crippen LogP contribution is 2.32. The molecule has 3 rings (SSSR count). The van der Waals surface area contributed by atoms with Crippen LogP contribution in [0, 0.1) is 3.57 Å². The van der Waals surface area contributed by atoms with Crippen molar-refractivity contribution in [3.05, 3.63) is 26.8 Å². The molecule has 0 unspecified atom stereocenters. The van der Waals surface area contributed by atoms with Crippen LogP contribution in [0.25, 0.3) is 10.2 Å². The van der Waals surface area contributed by atoms with Gasteiger partial charge >= 0.3 is 0 Å². The molecule has 2 nitrogen and oxygen atoms in total. The molecule has 0 amide bonds. The Hall–Kier alpha value is -0.200. The van der Waals surface area contributed by atoms with Gasteiger partial charge in [0.15, 0.2) is 0 Å². The first-order chi connectivity index (χ1) is 7.83. The monoisotopic (exact) mass is 344 g/mol. The van der Waals surface area contributed by atoms with E-state index in [-0.39, 0.29) is 0 Å². The summed E-state index contributed by atoms with van der Waals surface area (Å²) < 4.78 is 2.63. The number of benzene rings is 1. The van der Waals surface area contributed by atoms with Crippen molar-refractivity contribution in [3.8, 4) is 0 Å². The number of hydrogen-bond acceptors (Lipinski definition) is 3. The summed E-state index contributed by atoms with van der Waals surface area (Å²) in [6.07, 6.45) is 2.47. The molecule has 16 heavy (non-hydrogen) atoms. The third-order valence-corrected chi connectivity index (χ3v) is 4.91. The highest BCUT2D eigenvalue weighted by molar-refractivity contribution is 14.1. The summed E-state index contributed by atoms with van der Waals surface area (Å²) in [7, 11) is 0. The van der Waals surface area contributed by atoms with Crippen LogP contribution < -0.4 is 5.32 Å². The molecule has 0 aliphatic carbocycles. The number of aromatic nitrogens is 1. The summed E-state index contributed by atoms with van der Waals surface area (Å²) in [5.41, 5.74) is 1.17. The Labute approximate surface area is 113 Å². The number of thiazole rings is 1. The van der Waals surface area contributed by atoms with E-state index in [0.29, 0.717) is 5.92 Å². The number of fused-ring (bicyclic) bond motifs is 1. The van der Waals surface area contributed by atoms with Crippen molar-refractivity contribution >= 4 is 44.1 Å². The fourth-order valence-corrected chi connectivity index (χ4v) is 4.04. The van der Waals surface area contributed by atoms with E-state index in [4.69, 9.17) is 4.98 Å². The second-order valence-electron chi connectivity index (χ2n) is 4.19. The molecule has 0 bridgehead atoms. The van der Waals surface area contributed by atoms with Crippen LogP contribution in [0.5, 0.6) is 0 Å². The lowest BCUT2D eigenvalue weighted by Gasteiger charge is -2.20. The smallest absolute Gasteiger partial charge is 0.0970 e. The maximum Gasteiger partial charge on any atom is 0.0970 e. The standard InChI is InChI=1S/C12H13IN2S/c13-9-1-2-10-11(7-9)16-12(15-10)8-3-5-14-6-4-8/h1-2,7-8,14H,3-6H2. The Kier molecular flexibility index (Phi) is 3.13. The quantitative estimate of drug-likeness (QED) is 0.803. The van der Waals surface area contributed by atoms with Crippen LogP contribution in [-0.2, 0) is 0 Å². The minimum Gasteiger partial charge on any atom is -0.317 e. The molecule has 2 aromatic rings. The van der Waals surface area contributed by atoms with Gasteiger partial charge in [-0.3, -0.25) is 0 Å². The number of halogens is 1. The van der Waals surface area contributed by atoms with E-state index in [9.17, 15) is 0 Å². The Balaban J connectivity index is 1.97. The van der Waals surface area contributed by atoms with Crippen LogP contribution in [-0.4, -0.2) is 18.1 Å². The molecule has 1 aromatic heterocycles.